The van der Waals surface area contributed by atoms with Crippen LogP contribution in [0, 0.1) is 0 Å². The van der Waals surface area contributed by atoms with Gasteiger partial charge in [0.1, 0.15) is 18.1 Å². The predicted octanol–water partition coefficient (Wildman–Crippen LogP) is 4.86. The minimum atomic E-state index is -2.04. The van der Waals surface area contributed by atoms with Crippen LogP contribution in [0.25, 0.3) is 0 Å². The molecule has 1 aromatic heterocycles. The molecule has 1 N–H and O–H groups in total. The van der Waals surface area contributed by atoms with E-state index in [4.69, 9.17) is 13.9 Å². The van der Waals surface area contributed by atoms with Gasteiger partial charge in [0.25, 0.3) is 5.91 Å². The van der Waals surface area contributed by atoms with Gasteiger partial charge >= 0.3 is 0 Å². The van der Waals surface area contributed by atoms with E-state index in [2.05, 4.69) is 52.7 Å². The molecule has 1 aliphatic rings. The molecule has 1 atom stereocenters. The van der Waals surface area contributed by atoms with Gasteiger partial charge in [-0.25, -0.2) is 0 Å². The molecule has 0 radical (unpaired) electrons. The monoisotopic (exact) mass is 528 g/mol. The first-order chi connectivity index (χ1) is 17.3. The topological polar surface area (TPSA) is 98.2 Å². The molecule has 2 aromatic rings. The molecule has 1 aromatic carbocycles. The number of amides is 1. The average Bonchev–Trinajstić information content (AvgIpc) is 2.81. The van der Waals surface area contributed by atoms with Crippen molar-refractivity contribution in [1.82, 2.24) is 9.88 Å². The molecule has 2 heterocycles. The Morgan fingerprint density at radius 2 is 1.95 bits per heavy atom. The molecule has 0 saturated carbocycles. The van der Waals surface area contributed by atoms with Gasteiger partial charge in [-0.1, -0.05) is 26.8 Å². The van der Waals surface area contributed by atoms with Gasteiger partial charge in [0, 0.05) is 19.2 Å². The fraction of sp³-hybridized carbons (Fsp3) is 0.536. The number of ether oxygens (including phenoxy) is 2. The molecule has 37 heavy (non-hydrogen) atoms. The Morgan fingerprint density at radius 3 is 2.62 bits per heavy atom. The maximum absolute atomic E-state index is 13.8. The molecule has 0 spiro atoms. The van der Waals surface area contributed by atoms with E-state index in [1.54, 1.807) is 35.4 Å². The first-order valence-corrected chi connectivity index (χ1v) is 15.6. The van der Waals surface area contributed by atoms with E-state index in [9.17, 15) is 14.7 Å². The molecule has 0 bridgehead atoms. The summed E-state index contributed by atoms with van der Waals surface area (Å²) in [7, 11) is -2.04. The number of aromatic nitrogens is 1. The number of morpholine rings is 1. The standard InChI is InChI=1S/C28H40N2O6Si/c1-27(2,3)37(6,7)36-28(4,5)16-23-21(10-9-13-29-23)26(33)30-14-15-34-18-20(30)19-35-25-12-8-11-24(32)22(25)17-31/h8-13,17,20,32H,14-16,18-19H2,1-7H3. The minimum absolute atomic E-state index is 0.0628. The summed E-state index contributed by atoms with van der Waals surface area (Å²) < 4.78 is 18.2. The van der Waals surface area contributed by atoms with Gasteiger partial charge < -0.3 is 23.9 Å². The van der Waals surface area contributed by atoms with Gasteiger partial charge in [0.05, 0.1) is 41.7 Å². The molecular formula is C28H40N2O6Si. The molecule has 9 heteroatoms. The number of aldehydes is 1. The van der Waals surface area contributed by atoms with E-state index >= 15 is 0 Å². The number of phenolic OH excluding ortho intramolecular Hbond substituents is 1. The van der Waals surface area contributed by atoms with E-state index in [1.165, 1.54) is 6.07 Å². The first-order valence-electron chi connectivity index (χ1n) is 12.7. The van der Waals surface area contributed by atoms with Crippen molar-refractivity contribution in [2.45, 2.75) is 70.8 Å². The number of carbonyl (C=O) groups is 2. The minimum Gasteiger partial charge on any atom is -0.507 e. The van der Waals surface area contributed by atoms with Crippen LogP contribution >= 0.6 is 0 Å². The third-order valence-electron chi connectivity index (χ3n) is 7.13. The van der Waals surface area contributed by atoms with Crippen molar-refractivity contribution < 1.29 is 28.6 Å². The highest BCUT2D eigenvalue weighted by Crippen LogP contribution is 2.40. The van der Waals surface area contributed by atoms with E-state index in [-0.39, 0.29) is 40.7 Å². The van der Waals surface area contributed by atoms with Crippen LogP contribution in [0.2, 0.25) is 18.1 Å². The fourth-order valence-electron chi connectivity index (χ4n) is 4.23. The van der Waals surface area contributed by atoms with E-state index in [0.29, 0.717) is 43.7 Å². The predicted molar refractivity (Wildman–Crippen MR) is 145 cm³/mol. The summed E-state index contributed by atoms with van der Waals surface area (Å²) in [6.45, 7) is 16.4. The number of aromatic hydroxyl groups is 1. The van der Waals surface area contributed by atoms with Crippen LogP contribution in [0.4, 0.5) is 0 Å². The lowest BCUT2D eigenvalue weighted by atomic mass is 9.98. The highest BCUT2D eigenvalue weighted by molar-refractivity contribution is 6.74. The molecule has 202 valence electrons. The maximum Gasteiger partial charge on any atom is 0.256 e. The van der Waals surface area contributed by atoms with Crippen LogP contribution in [-0.4, -0.2) is 73.5 Å². The van der Waals surface area contributed by atoms with Crippen molar-refractivity contribution in [1.29, 1.82) is 0 Å². The van der Waals surface area contributed by atoms with Gasteiger partial charge in [0.15, 0.2) is 14.6 Å². The SMILES string of the molecule is CC(C)(Cc1ncccc1C(=O)N1CCOCC1COc1cccc(O)c1C=O)O[Si](C)(C)C(C)(C)C. The van der Waals surface area contributed by atoms with E-state index in [0.717, 1.165) is 0 Å². The Bertz CT molecular complexity index is 1110. The fourth-order valence-corrected chi connectivity index (χ4v) is 5.99. The number of nitrogens with zero attached hydrogens (tertiary/aromatic N) is 2. The number of carbonyl (C=O) groups excluding carboxylic acids is 2. The number of rotatable bonds is 9. The zero-order valence-corrected chi connectivity index (χ0v) is 24.0. The summed E-state index contributed by atoms with van der Waals surface area (Å²) in [5, 5.41) is 10.0. The number of benzene rings is 1. The highest BCUT2D eigenvalue weighted by Gasteiger charge is 2.42. The third-order valence-corrected chi connectivity index (χ3v) is 11.8. The Labute approximate surface area is 221 Å². The van der Waals surface area contributed by atoms with Crippen molar-refractivity contribution in [3.8, 4) is 11.5 Å². The number of hydrogen-bond donors (Lipinski definition) is 1. The molecule has 1 aliphatic heterocycles. The summed E-state index contributed by atoms with van der Waals surface area (Å²) in [5.41, 5.74) is 0.807. The van der Waals surface area contributed by atoms with Gasteiger partial charge in [-0.05, 0) is 56.2 Å². The maximum atomic E-state index is 13.8. The number of hydrogen-bond acceptors (Lipinski definition) is 7. The zero-order valence-electron chi connectivity index (χ0n) is 23.0. The summed E-state index contributed by atoms with van der Waals surface area (Å²) in [4.78, 5) is 31.5. The van der Waals surface area contributed by atoms with Crippen molar-refractivity contribution in [2.75, 3.05) is 26.4 Å². The molecule has 8 nitrogen and oxygen atoms in total. The second kappa shape index (κ2) is 11.3. The first kappa shape index (κ1) is 28.8. The number of phenols is 1. The molecule has 3 rings (SSSR count). The second-order valence-electron chi connectivity index (χ2n) is 11.6. The van der Waals surface area contributed by atoms with Crippen LogP contribution in [-0.2, 0) is 15.6 Å². The van der Waals surface area contributed by atoms with Crippen LogP contribution in [0.1, 0.15) is 61.0 Å². The van der Waals surface area contributed by atoms with Gasteiger partial charge in [0.2, 0.25) is 0 Å². The van der Waals surface area contributed by atoms with E-state index < -0.39 is 13.9 Å². The van der Waals surface area contributed by atoms with Gasteiger partial charge in [-0.15, -0.1) is 0 Å². The molecule has 1 unspecified atom stereocenters. The average molecular weight is 529 g/mol. The van der Waals surface area contributed by atoms with Crippen LogP contribution in [0.3, 0.4) is 0 Å². The van der Waals surface area contributed by atoms with Crippen molar-refractivity contribution in [2.24, 2.45) is 0 Å². The Morgan fingerprint density at radius 1 is 1.22 bits per heavy atom. The lowest BCUT2D eigenvalue weighted by Gasteiger charge is -2.43. The zero-order chi connectivity index (χ0) is 27.4. The highest BCUT2D eigenvalue weighted by atomic mass is 28.4. The lowest BCUT2D eigenvalue weighted by molar-refractivity contribution is -0.0152. The normalized spacial score (nSPS) is 16.9. The molecule has 1 saturated heterocycles. The molecule has 0 aliphatic carbocycles. The summed E-state index contributed by atoms with van der Waals surface area (Å²) in [5.74, 6) is -0.0305. The van der Waals surface area contributed by atoms with Gasteiger partial charge in [-0.2, -0.15) is 0 Å². The van der Waals surface area contributed by atoms with E-state index in [1.807, 2.05) is 0 Å². The largest absolute Gasteiger partial charge is 0.507 e. The van der Waals surface area contributed by atoms with Crippen molar-refractivity contribution in [3.05, 3.63) is 53.3 Å². The Kier molecular flexibility index (Phi) is 8.82. The second-order valence-corrected chi connectivity index (χ2v) is 16.4. The molecule has 1 amide bonds. The molecule has 1 fully saturated rings. The Balaban J connectivity index is 1.80. The third kappa shape index (κ3) is 6.97. The van der Waals surface area contributed by atoms with Crippen molar-refractivity contribution >= 4 is 20.5 Å². The van der Waals surface area contributed by atoms with Crippen LogP contribution < -0.4 is 4.74 Å². The summed E-state index contributed by atoms with van der Waals surface area (Å²) in [6, 6.07) is 7.85. The summed E-state index contributed by atoms with van der Waals surface area (Å²) >= 11 is 0. The van der Waals surface area contributed by atoms with Crippen LogP contribution in [0.15, 0.2) is 36.5 Å². The van der Waals surface area contributed by atoms with Crippen molar-refractivity contribution in [3.63, 3.8) is 0 Å². The smallest absolute Gasteiger partial charge is 0.256 e. The quantitative estimate of drug-likeness (QED) is 0.366. The molecular weight excluding hydrogens is 488 g/mol. The lowest BCUT2D eigenvalue weighted by Crippen LogP contribution is -2.52. The Hall–Kier alpha value is -2.75. The van der Waals surface area contributed by atoms with Crippen LogP contribution in [0.5, 0.6) is 11.5 Å². The summed E-state index contributed by atoms with van der Waals surface area (Å²) in [6.07, 6.45) is 2.76. The van der Waals surface area contributed by atoms with Gasteiger partial charge in [-0.3, -0.25) is 14.6 Å². The number of pyridine rings is 1.